The Morgan fingerprint density at radius 2 is 1.86 bits per heavy atom. The molecule has 1 aliphatic heterocycles. The van der Waals surface area contributed by atoms with E-state index in [4.69, 9.17) is 9.72 Å². The predicted molar refractivity (Wildman–Crippen MR) is 135 cm³/mol. The highest BCUT2D eigenvalue weighted by molar-refractivity contribution is 6.03. The molecule has 1 fully saturated rings. The molecule has 2 aromatic heterocycles. The summed E-state index contributed by atoms with van der Waals surface area (Å²) in [7, 11) is 1.62. The molecule has 0 spiro atoms. The van der Waals surface area contributed by atoms with Crippen molar-refractivity contribution in [2.75, 3.05) is 23.9 Å². The number of fused-ring (bicyclic) bond motifs is 1. The van der Waals surface area contributed by atoms with Crippen LogP contribution in [0.1, 0.15) is 23.2 Å². The van der Waals surface area contributed by atoms with E-state index in [0.717, 1.165) is 33.4 Å². The van der Waals surface area contributed by atoms with E-state index in [2.05, 4.69) is 10.4 Å². The normalized spacial score (nSPS) is 15.6. The molecule has 178 valence electrons. The molecule has 2 aromatic carbocycles. The van der Waals surface area contributed by atoms with Gasteiger partial charge in [-0.25, -0.2) is 4.98 Å². The zero-order chi connectivity index (χ0) is 24.7. The van der Waals surface area contributed by atoms with Crippen LogP contribution in [0.4, 0.5) is 11.5 Å². The van der Waals surface area contributed by atoms with Crippen molar-refractivity contribution >= 4 is 34.2 Å². The number of carbonyl (C=O) groups excluding carboxylic acids is 2. The van der Waals surface area contributed by atoms with Gasteiger partial charge in [0.25, 0.3) is 0 Å². The number of aromatic nitrogens is 3. The predicted octanol–water partition coefficient (Wildman–Crippen LogP) is 4.35. The second-order valence-corrected chi connectivity index (χ2v) is 8.97. The molecule has 1 saturated heterocycles. The van der Waals surface area contributed by atoms with Gasteiger partial charge in [0.2, 0.25) is 11.8 Å². The zero-order valence-corrected chi connectivity index (χ0v) is 20.2. The number of carbonyl (C=O) groups is 2. The molecule has 5 rings (SSSR count). The Kier molecular flexibility index (Phi) is 5.72. The van der Waals surface area contributed by atoms with Crippen LogP contribution in [0.15, 0.2) is 54.6 Å². The molecule has 8 nitrogen and oxygen atoms in total. The van der Waals surface area contributed by atoms with Crippen molar-refractivity contribution in [3.63, 3.8) is 0 Å². The standard InChI is InChI=1S/C27H27N5O3/c1-16-8-10-20(11-9-16)31-15-19(14-25(31)33)27(34)29-24-13-18(3)30-32(24)23-12-17(2)21-6-5-7-22(35-4)26(21)28-23/h5-13,19H,14-15H2,1-4H3,(H,29,34). The Bertz CT molecular complexity index is 1440. The van der Waals surface area contributed by atoms with Crippen LogP contribution in [-0.4, -0.2) is 40.2 Å². The molecular formula is C27H27N5O3. The Morgan fingerprint density at radius 3 is 2.60 bits per heavy atom. The van der Waals surface area contributed by atoms with Gasteiger partial charge in [-0.3, -0.25) is 9.59 Å². The lowest BCUT2D eigenvalue weighted by molar-refractivity contribution is -0.122. The van der Waals surface area contributed by atoms with E-state index in [0.29, 0.717) is 23.9 Å². The Hall–Kier alpha value is -4.20. The maximum absolute atomic E-state index is 13.2. The maximum Gasteiger partial charge on any atom is 0.230 e. The maximum atomic E-state index is 13.2. The fraction of sp³-hybridized carbons (Fsp3) is 0.259. The van der Waals surface area contributed by atoms with Gasteiger partial charge in [-0.1, -0.05) is 29.8 Å². The number of rotatable bonds is 5. The number of para-hydroxylation sites is 1. The molecule has 1 N–H and O–H groups in total. The average molecular weight is 470 g/mol. The van der Waals surface area contributed by atoms with Crippen LogP contribution in [0, 0.1) is 26.7 Å². The Balaban J connectivity index is 1.42. The monoisotopic (exact) mass is 469 g/mol. The first-order valence-electron chi connectivity index (χ1n) is 11.5. The first kappa shape index (κ1) is 22.6. The van der Waals surface area contributed by atoms with Crippen LogP contribution in [0.2, 0.25) is 0 Å². The highest BCUT2D eigenvalue weighted by Gasteiger charge is 2.35. The van der Waals surface area contributed by atoms with E-state index in [1.807, 2.05) is 69.3 Å². The van der Waals surface area contributed by atoms with E-state index >= 15 is 0 Å². The largest absolute Gasteiger partial charge is 0.494 e. The number of nitrogens with one attached hydrogen (secondary N) is 1. The number of methoxy groups -OCH3 is 1. The van der Waals surface area contributed by atoms with Crippen molar-refractivity contribution in [2.45, 2.75) is 27.2 Å². The molecule has 2 amide bonds. The summed E-state index contributed by atoms with van der Waals surface area (Å²) in [5, 5.41) is 8.54. The number of amides is 2. The summed E-state index contributed by atoms with van der Waals surface area (Å²) in [5.41, 5.74) is 4.41. The van der Waals surface area contributed by atoms with Crippen LogP contribution < -0.4 is 15.0 Å². The number of hydrogen-bond acceptors (Lipinski definition) is 5. The van der Waals surface area contributed by atoms with E-state index in [1.165, 1.54) is 0 Å². The summed E-state index contributed by atoms with van der Waals surface area (Å²) in [6, 6.07) is 17.3. The van der Waals surface area contributed by atoms with Crippen LogP contribution in [0.25, 0.3) is 16.7 Å². The third-order valence-electron chi connectivity index (χ3n) is 6.36. The molecule has 3 heterocycles. The molecule has 1 aliphatic rings. The molecule has 35 heavy (non-hydrogen) atoms. The van der Waals surface area contributed by atoms with Crippen molar-refractivity contribution in [1.82, 2.24) is 14.8 Å². The Morgan fingerprint density at radius 1 is 1.09 bits per heavy atom. The van der Waals surface area contributed by atoms with Crippen molar-refractivity contribution < 1.29 is 14.3 Å². The minimum Gasteiger partial charge on any atom is -0.494 e. The lowest BCUT2D eigenvalue weighted by atomic mass is 10.1. The van der Waals surface area contributed by atoms with Crippen molar-refractivity contribution in [1.29, 1.82) is 0 Å². The molecule has 1 unspecified atom stereocenters. The fourth-order valence-corrected chi connectivity index (χ4v) is 4.50. The number of aryl methyl sites for hydroxylation is 3. The van der Waals surface area contributed by atoms with Gasteiger partial charge in [-0.15, -0.1) is 0 Å². The SMILES string of the molecule is COc1cccc2c(C)cc(-n3nc(C)cc3NC(=O)C3CC(=O)N(c4ccc(C)cc4)C3)nc12. The van der Waals surface area contributed by atoms with Gasteiger partial charge in [0.05, 0.1) is 18.7 Å². The highest BCUT2D eigenvalue weighted by Crippen LogP contribution is 2.30. The van der Waals surface area contributed by atoms with E-state index in [9.17, 15) is 9.59 Å². The van der Waals surface area contributed by atoms with E-state index in [-0.39, 0.29) is 18.2 Å². The van der Waals surface area contributed by atoms with Gasteiger partial charge >= 0.3 is 0 Å². The summed E-state index contributed by atoms with van der Waals surface area (Å²) in [4.78, 5) is 32.3. The van der Waals surface area contributed by atoms with Crippen LogP contribution in [-0.2, 0) is 9.59 Å². The molecule has 0 radical (unpaired) electrons. The molecule has 1 atom stereocenters. The number of pyridine rings is 1. The number of nitrogens with zero attached hydrogens (tertiary/aromatic N) is 4. The second kappa shape index (κ2) is 8.87. The minimum atomic E-state index is -0.459. The van der Waals surface area contributed by atoms with Gasteiger partial charge in [0, 0.05) is 30.1 Å². The van der Waals surface area contributed by atoms with Crippen molar-refractivity contribution in [3.05, 3.63) is 71.4 Å². The third kappa shape index (κ3) is 4.23. The minimum absolute atomic E-state index is 0.0578. The molecule has 0 saturated carbocycles. The quantitative estimate of drug-likeness (QED) is 0.470. The number of anilines is 2. The van der Waals surface area contributed by atoms with Gasteiger partial charge in [-0.2, -0.15) is 9.78 Å². The van der Waals surface area contributed by atoms with Crippen LogP contribution >= 0.6 is 0 Å². The van der Waals surface area contributed by atoms with Gasteiger partial charge in [0.1, 0.15) is 17.1 Å². The lowest BCUT2D eigenvalue weighted by Crippen LogP contribution is -2.28. The lowest BCUT2D eigenvalue weighted by Gasteiger charge is -2.17. The first-order chi connectivity index (χ1) is 16.8. The molecule has 4 aromatic rings. The van der Waals surface area contributed by atoms with Crippen molar-refractivity contribution in [3.8, 4) is 11.6 Å². The fourth-order valence-electron chi connectivity index (χ4n) is 4.50. The van der Waals surface area contributed by atoms with E-state index in [1.54, 1.807) is 22.8 Å². The molecule has 0 bridgehead atoms. The Labute approximate surface area is 203 Å². The molecule has 8 heteroatoms. The smallest absolute Gasteiger partial charge is 0.230 e. The van der Waals surface area contributed by atoms with Crippen LogP contribution in [0.5, 0.6) is 5.75 Å². The average Bonchev–Trinajstić information content (AvgIpc) is 3.41. The number of ether oxygens (including phenoxy) is 1. The third-order valence-corrected chi connectivity index (χ3v) is 6.36. The van der Waals surface area contributed by atoms with Gasteiger partial charge < -0.3 is 15.0 Å². The van der Waals surface area contributed by atoms with E-state index < -0.39 is 5.92 Å². The summed E-state index contributed by atoms with van der Waals surface area (Å²) in [6.07, 6.45) is 0.164. The first-order valence-corrected chi connectivity index (χ1v) is 11.5. The molecule has 0 aliphatic carbocycles. The van der Waals surface area contributed by atoms with Gasteiger partial charge in [-0.05, 0) is 50.6 Å². The second-order valence-electron chi connectivity index (χ2n) is 8.97. The summed E-state index contributed by atoms with van der Waals surface area (Å²) < 4.78 is 7.13. The number of benzene rings is 2. The number of hydrogen-bond donors (Lipinski definition) is 1. The zero-order valence-electron chi connectivity index (χ0n) is 20.2. The summed E-state index contributed by atoms with van der Waals surface area (Å²) in [5.74, 6) is 1.02. The van der Waals surface area contributed by atoms with Crippen LogP contribution in [0.3, 0.4) is 0 Å². The van der Waals surface area contributed by atoms with Crippen molar-refractivity contribution in [2.24, 2.45) is 5.92 Å². The highest BCUT2D eigenvalue weighted by atomic mass is 16.5. The summed E-state index contributed by atoms with van der Waals surface area (Å²) >= 11 is 0. The topological polar surface area (TPSA) is 89.3 Å². The van der Waals surface area contributed by atoms with Gasteiger partial charge in [0.15, 0.2) is 5.82 Å². The molecular weight excluding hydrogens is 442 g/mol. The summed E-state index contributed by atoms with van der Waals surface area (Å²) in [6.45, 7) is 6.20.